The highest BCUT2D eigenvalue weighted by molar-refractivity contribution is 6.34. The molecule has 0 fully saturated rings. The van der Waals surface area contributed by atoms with Gasteiger partial charge in [-0.2, -0.15) is 13.2 Å². The molecule has 4 nitrogen and oxygen atoms in total. The predicted octanol–water partition coefficient (Wildman–Crippen LogP) is 6.01. The molecule has 0 unspecified atom stereocenters. The lowest BCUT2D eigenvalue weighted by Crippen LogP contribution is -2.05. The molecule has 4 rings (SSSR count). The molecule has 1 N–H and O–H groups in total. The number of halogens is 5. The van der Waals surface area contributed by atoms with Crippen molar-refractivity contribution >= 4 is 34.4 Å². The number of aromatic amines is 1. The summed E-state index contributed by atoms with van der Waals surface area (Å²) >= 11 is 12.5. The Kier molecular flexibility index (Phi) is 4.28. The Balaban J connectivity index is 1.76. The van der Waals surface area contributed by atoms with Crippen LogP contribution in [0.3, 0.4) is 0 Å². The number of aromatic nitrogens is 4. The number of nitrogens with one attached hydrogen (secondary N) is 1. The molecule has 0 atom stereocenters. The Bertz CT molecular complexity index is 1160. The number of imidazole rings is 1. The quantitative estimate of drug-likeness (QED) is 0.441. The van der Waals surface area contributed by atoms with E-state index >= 15 is 0 Å². The number of H-pyrrole nitrogens is 1. The number of alkyl halides is 3. The van der Waals surface area contributed by atoms with Crippen molar-refractivity contribution in [3.8, 4) is 22.6 Å². The molecule has 0 aliphatic rings. The van der Waals surface area contributed by atoms with E-state index in [1.807, 2.05) is 0 Å². The summed E-state index contributed by atoms with van der Waals surface area (Å²) in [5.41, 5.74) is 1.31. The van der Waals surface area contributed by atoms with E-state index in [0.29, 0.717) is 32.7 Å². The maximum absolute atomic E-state index is 12.8. The third kappa shape index (κ3) is 3.36. The van der Waals surface area contributed by atoms with Gasteiger partial charge in [-0.15, -0.1) is 0 Å². The Morgan fingerprint density at radius 1 is 0.963 bits per heavy atom. The van der Waals surface area contributed by atoms with E-state index in [0.717, 1.165) is 12.3 Å². The van der Waals surface area contributed by atoms with E-state index in [-0.39, 0.29) is 11.2 Å². The van der Waals surface area contributed by atoms with Crippen molar-refractivity contribution in [3.63, 3.8) is 0 Å². The second kappa shape index (κ2) is 6.51. The van der Waals surface area contributed by atoms with Crippen LogP contribution in [-0.4, -0.2) is 19.9 Å². The lowest BCUT2D eigenvalue weighted by atomic mass is 10.1. The highest BCUT2D eigenvalue weighted by atomic mass is 35.5. The molecular weight excluding hydrogens is 400 g/mol. The number of hydrogen-bond acceptors (Lipinski definition) is 3. The maximum Gasteiger partial charge on any atom is 0.417 e. The van der Waals surface area contributed by atoms with Gasteiger partial charge < -0.3 is 4.98 Å². The first-order chi connectivity index (χ1) is 12.8. The Labute approximate surface area is 161 Å². The Morgan fingerprint density at radius 2 is 1.78 bits per heavy atom. The number of hydrogen-bond donors (Lipinski definition) is 1. The second-order valence-electron chi connectivity index (χ2n) is 5.71. The summed E-state index contributed by atoms with van der Waals surface area (Å²) in [7, 11) is 0. The van der Waals surface area contributed by atoms with E-state index in [1.165, 1.54) is 0 Å². The van der Waals surface area contributed by atoms with Gasteiger partial charge in [-0.1, -0.05) is 29.3 Å². The Hall–Kier alpha value is -2.64. The van der Waals surface area contributed by atoms with Crippen LogP contribution in [0.1, 0.15) is 5.56 Å². The van der Waals surface area contributed by atoms with Gasteiger partial charge in [0.25, 0.3) is 0 Å². The van der Waals surface area contributed by atoms with E-state index in [9.17, 15) is 13.2 Å². The van der Waals surface area contributed by atoms with Crippen molar-refractivity contribution < 1.29 is 13.2 Å². The molecule has 3 heterocycles. The predicted molar refractivity (Wildman–Crippen MR) is 97.6 cm³/mol. The largest absolute Gasteiger partial charge is 0.417 e. The van der Waals surface area contributed by atoms with Gasteiger partial charge in [0.05, 0.1) is 26.8 Å². The van der Waals surface area contributed by atoms with Crippen LogP contribution in [0.4, 0.5) is 13.2 Å². The molecule has 0 aliphatic carbocycles. The number of pyridine rings is 2. The molecule has 136 valence electrons. The average Bonchev–Trinajstić information content (AvgIpc) is 3.04. The lowest BCUT2D eigenvalue weighted by Gasteiger charge is -2.06. The van der Waals surface area contributed by atoms with Crippen LogP contribution in [0.15, 0.2) is 48.8 Å². The number of rotatable bonds is 2. The molecule has 0 amide bonds. The third-order valence-corrected chi connectivity index (χ3v) is 4.54. The number of benzene rings is 1. The molecule has 1 aromatic carbocycles. The van der Waals surface area contributed by atoms with Crippen molar-refractivity contribution in [2.24, 2.45) is 0 Å². The summed E-state index contributed by atoms with van der Waals surface area (Å²) < 4.78 is 38.5. The number of nitrogens with zero attached hydrogens (tertiary/aromatic N) is 3. The molecule has 9 heteroatoms. The molecule has 0 saturated heterocycles. The first-order valence-corrected chi connectivity index (χ1v) is 8.42. The van der Waals surface area contributed by atoms with Gasteiger partial charge in [0.15, 0.2) is 5.65 Å². The second-order valence-corrected chi connectivity index (χ2v) is 6.52. The highest BCUT2D eigenvalue weighted by Gasteiger charge is 2.31. The summed E-state index contributed by atoms with van der Waals surface area (Å²) in [4.78, 5) is 15.1. The van der Waals surface area contributed by atoms with Crippen LogP contribution in [0.2, 0.25) is 10.0 Å². The van der Waals surface area contributed by atoms with Crippen LogP contribution >= 0.6 is 23.2 Å². The van der Waals surface area contributed by atoms with Crippen molar-refractivity contribution in [2.45, 2.75) is 6.18 Å². The lowest BCUT2D eigenvalue weighted by molar-refractivity contribution is -0.137. The van der Waals surface area contributed by atoms with Gasteiger partial charge in [-0.05, 0) is 30.3 Å². The zero-order valence-corrected chi connectivity index (χ0v) is 14.9. The average molecular weight is 409 g/mol. The minimum Gasteiger partial charge on any atom is -0.337 e. The van der Waals surface area contributed by atoms with Crippen molar-refractivity contribution in [2.75, 3.05) is 0 Å². The summed E-state index contributed by atoms with van der Waals surface area (Å²) in [5.74, 6) is 0.320. The van der Waals surface area contributed by atoms with Crippen LogP contribution < -0.4 is 0 Å². The van der Waals surface area contributed by atoms with Crippen molar-refractivity contribution in [1.82, 2.24) is 19.9 Å². The molecular formula is C18H9Cl2F3N4. The fourth-order valence-electron chi connectivity index (χ4n) is 2.64. The zero-order valence-electron chi connectivity index (χ0n) is 13.4. The monoisotopic (exact) mass is 408 g/mol. The molecule has 4 aromatic rings. The topological polar surface area (TPSA) is 54.5 Å². The summed E-state index contributed by atoms with van der Waals surface area (Å²) in [5, 5.41) is 0.832. The molecule has 0 spiro atoms. The minimum absolute atomic E-state index is 0.172. The summed E-state index contributed by atoms with van der Waals surface area (Å²) in [6.45, 7) is 0. The van der Waals surface area contributed by atoms with Gasteiger partial charge in [0.2, 0.25) is 0 Å². The third-order valence-electron chi connectivity index (χ3n) is 3.92. The summed E-state index contributed by atoms with van der Waals surface area (Å²) in [6, 6.07) is 9.54. The van der Waals surface area contributed by atoms with Gasteiger partial charge >= 0.3 is 6.18 Å². The molecule has 0 bridgehead atoms. The maximum atomic E-state index is 12.8. The van der Waals surface area contributed by atoms with E-state index in [4.69, 9.17) is 23.2 Å². The van der Waals surface area contributed by atoms with Crippen molar-refractivity contribution in [1.29, 1.82) is 0 Å². The zero-order chi connectivity index (χ0) is 19.2. The van der Waals surface area contributed by atoms with Gasteiger partial charge in [-0.3, -0.25) is 4.98 Å². The molecule has 3 aromatic heterocycles. The minimum atomic E-state index is -4.48. The van der Waals surface area contributed by atoms with E-state index in [1.54, 1.807) is 36.5 Å². The first-order valence-electron chi connectivity index (χ1n) is 7.67. The fourth-order valence-corrected chi connectivity index (χ4v) is 3.14. The van der Waals surface area contributed by atoms with Gasteiger partial charge in [-0.25, -0.2) is 9.97 Å². The van der Waals surface area contributed by atoms with E-state index in [2.05, 4.69) is 19.9 Å². The SMILES string of the molecule is FC(F)(F)c1cnc2nc(-c3ccc(-c4ncccc4Cl)cc3Cl)[nH]c2c1. The smallest absolute Gasteiger partial charge is 0.337 e. The normalized spacial score (nSPS) is 11.9. The fraction of sp³-hybridized carbons (Fsp3) is 0.0556. The van der Waals surface area contributed by atoms with Crippen LogP contribution in [0, 0.1) is 0 Å². The molecule has 0 saturated carbocycles. The summed E-state index contributed by atoms with van der Waals surface area (Å²) in [6.07, 6.45) is -2.11. The first kappa shape index (κ1) is 17.8. The van der Waals surface area contributed by atoms with Gasteiger partial charge in [0.1, 0.15) is 5.82 Å². The Morgan fingerprint density at radius 3 is 2.48 bits per heavy atom. The van der Waals surface area contributed by atoms with Gasteiger partial charge in [0, 0.05) is 23.5 Å². The van der Waals surface area contributed by atoms with Crippen LogP contribution in [0.25, 0.3) is 33.8 Å². The number of fused-ring (bicyclic) bond motifs is 1. The van der Waals surface area contributed by atoms with Crippen LogP contribution in [-0.2, 0) is 6.18 Å². The standard InChI is InChI=1S/C18H9Cl2F3N4/c19-12-2-1-5-24-15(12)9-3-4-11(13(20)6-9)16-26-14-7-10(18(21,22)23)8-25-17(14)27-16/h1-8H,(H,25,26,27). The molecule has 0 radical (unpaired) electrons. The molecule has 27 heavy (non-hydrogen) atoms. The molecule has 0 aliphatic heterocycles. The van der Waals surface area contributed by atoms with E-state index < -0.39 is 11.7 Å². The highest BCUT2D eigenvalue weighted by Crippen LogP contribution is 2.34. The van der Waals surface area contributed by atoms with Crippen LogP contribution in [0.5, 0.6) is 0 Å². The van der Waals surface area contributed by atoms with Crippen molar-refractivity contribution in [3.05, 3.63) is 64.4 Å².